The van der Waals surface area contributed by atoms with Crippen LogP contribution in [0.3, 0.4) is 0 Å². The van der Waals surface area contributed by atoms with Crippen LogP contribution in [0, 0.1) is 13.8 Å². The number of hydrogen-bond donors (Lipinski definition) is 2. The number of carbonyl (C=O) groups excluding carboxylic acids is 1. The second-order valence-corrected chi connectivity index (χ2v) is 4.89. The van der Waals surface area contributed by atoms with Crippen molar-refractivity contribution in [2.75, 3.05) is 0 Å². The number of nitrogens with zero attached hydrogens (tertiary/aromatic N) is 2. The number of rotatable bonds is 5. The molecule has 0 aromatic carbocycles. The van der Waals surface area contributed by atoms with Crippen LogP contribution >= 0.6 is 0 Å². The molecule has 0 spiro atoms. The number of carbonyl (C=O) groups is 1. The van der Waals surface area contributed by atoms with E-state index in [1.165, 1.54) is 19.1 Å². The van der Waals surface area contributed by atoms with E-state index in [1.54, 1.807) is 6.20 Å². The lowest BCUT2D eigenvalue weighted by Gasteiger charge is -2.16. The third-order valence-corrected chi connectivity index (χ3v) is 3.32. The van der Waals surface area contributed by atoms with Gasteiger partial charge in [-0.25, -0.2) is 4.98 Å². The van der Waals surface area contributed by atoms with Gasteiger partial charge in [0.15, 0.2) is 0 Å². The Morgan fingerprint density at radius 1 is 1.43 bits per heavy atom. The Balaban J connectivity index is 2.21. The largest absolute Gasteiger partial charge is 0.344 e. The van der Waals surface area contributed by atoms with Crippen LogP contribution in [0.25, 0.3) is 0 Å². The van der Waals surface area contributed by atoms with Gasteiger partial charge in [0.1, 0.15) is 11.5 Å². The van der Waals surface area contributed by atoms with Crippen LogP contribution in [0.2, 0.25) is 0 Å². The number of aryl methyl sites for hydroxylation is 2. The Bertz CT molecular complexity index is 633. The summed E-state index contributed by atoms with van der Waals surface area (Å²) in [5.41, 5.74) is 1.17. The molecule has 0 saturated carbocycles. The number of halogens is 2. The van der Waals surface area contributed by atoms with Gasteiger partial charge in [0.2, 0.25) is 0 Å². The summed E-state index contributed by atoms with van der Waals surface area (Å²) in [5.74, 6) is 0.0829. The van der Waals surface area contributed by atoms with Gasteiger partial charge in [-0.3, -0.25) is 9.36 Å². The maximum atomic E-state index is 13.0. The van der Waals surface area contributed by atoms with E-state index in [0.717, 1.165) is 10.3 Å². The maximum absolute atomic E-state index is 13.0. The van der Waals surface area contributed by atoms with Crippen LogP contribution in [-0.4, -0.2) is 20.4 Å². The second-order valence-electron chi connectivity index (χ2n) is 4.89. The number of aromatic nitrogens is 3. The molecule has 7 heteroatoms. The zero-order valence-electron chi connectivity index (χ0n) is 12.2. The lowest BCUT2D eigenvalue weighted by molar-refractivity contribution is 0.0613. The van der Waals surface area contributed by atoms with Crippen LogP contribution in [0.1, 0.15) is 53.6 Å². The number of H-pyrrole nitrogens is 1. The molecule has 114 valence electrons. The first-order valence-electron chi connectivity index (χ1n) is 6.72. The summed E-state index contributed by atoms with van der Waals surface area (Å²) in [6, 6.07) is 2.56. The average molecular weight is 296 g/mol. The van der Waals surface area contributed by atoms with Gasteiger partial charge in [-0.05, 0) is 32.4 Å². The van der Waals surface area contributed by atoms with Gasteiger partial charge in [0, 0.05) is 17.6 Å². The molecule has 0 aliphatic rings. The summed E-state index contributed by atoms with van der Waals surface area (Å²) in [6.45, 7) is 2.54. The maximum Gasteiger partial charge on any atom is 0.319 e. The smallest absolute Gasteiger partial charge is 0.319 e. The standard InChI is InChI=1S/C14H18F2N4O/c1-4-10(12-17-7-8(2)18-12)19-13(21)11-6-5-9(3)20(11)14(15)16/h5-7,10,14H,4H2,1-3H3,(H,17,18)(H,19,21). The van der Waals surface area contributed by atoms with E-state index in [9.17, 15) is 13.6 Å². The zero-order chi connectivity index (χ0) is 15.6. The van der Waals surface area contributed by atoms with Crippen LogP contribution in [-0.2, 0) is 0 Å². The first kappa shape index (κ1) is 15.2. The van der Waals surface area contributed by atoms with E-state index < -0.39 is 12.5 Å². The number of imidazole rings is 1. The minimum atomic E-state index is -2.74. The second kappa shape index (κ2) is 6.07. The van der Waals surface area contributed by atoms with Crippen molar-refractivity contribution >= 4 is 5.91 Å². The molecule has 5 nitrogen and oxygen atoms in total. The highest BCUT2D eigenvalue weighted by atomic mass is 19.3. The van der Waals surface area contributed by atoms with E-state index in [-0.39, 0.29) is 11.7 Å². The Labute approximate surface area is 121 Å². The van der Waals surface area contributed by atoms with E-state index in [2.05, 4.69) is 15.3 Å². The summed E-state index contributed by atoms with van der Waals surface area (Å²) >= 11 is 0. The van der Waals surface area contributed by atoms with Gasteiger partial charge in [0.25, 0.3) is 5.91 Å². The third-order valence-electron chi connectivity index (χ3n) is 3.32. The minimum absolute atomic E-state index is 0.0516. The van der Waals surface area contributed by atoms with Crippen molar-refractivity contribution in [3.8, 4) is 0 Å². The molecule has 0 radical (unpaired) electrons. The van der Waals surface area contributed by atoms with E-state index in [0.29, 0.717) is 17.9 Å². The van der Waals surface area contributed by atoms with Gasteiger partial charge in [-0.15, -0.1) is 0 Å². The molecule has 1 unspecified atom stereocenters. The molecule has 1 amide bonds. The Hall–Kier alpha value is -2.18. The highest BCUT2D eigenvalue weighted by molar-refractivity contribution is 5.93. The van der Waals surface area contributed by atoms with E-state index in [1.807, 2.05) is 13.8 Å². The average Bonchev–Trinajstić information content (AvgIpc) is 3.01. The molecule has 0 bridgehead atoms. The number of nitrogens with one attached hydrogen (secondary N) is 2. The first-order valence-corrected chi connectivity index (χ1v) is 6.72. The summed E-state index contributed by atoms with van der Waals surface area (Å²) in [7, 11) is 0. The number of aromatic amines is 1. The molecule has 2 N–H and O–H groups in total. The molecule has 2 aromatic rings. The normalized spacial score (nSPS) is 12.7. The summed E-state index contributed by atoms with van der Waals surface area (Å²) < 4.78 is 26.7. The van der Waals surface area contributed by atoms with Gasteiger partial charge >= 0.3 is 6.55 Å². The predicted molar refractivity (Wildman–Crippen MR) is 74.2 cm³/mol. The third kappa shape index (κ3) is 3.12. The van der Waals surface area contributed by atoms with Crippen molar-refractivity contribution in [1.82, 2.24) is 19.9 Å². The molecule has 21 heavy (non-hydrogen) atoms. The van der Waals surface area contributed by atoms with Crippen LogP contribution in [0.15, 0.2) is 18.3 Å². The molecule has 0 aliphatic heterocycles. The fraction of sp³-hybridized carbons (Fsp3) is 0.429. The Morgan fingerprint density at radius 2 is 2.14 bits per heavy atom. The van der Waals surface area contributed by atoms with Crippen LogP contribution < -0.4 is 5.32 Å². The molecule has 2 aromatic heterocycles. The number of hydrogen-bond acceptors (Lipinski definition) is 2. The molecule has 0 aliphatic carbocycles. The van der Waals surface area contributed by atoms with Crippen molar-refractivity contribution in [2.45, 2.75) is 39.8 Å². The van der Waals surface area contributed by atoms with Crippen molar-refractivity contribution in [2.24, 2.45) is 0 Å². The highest BCUT2D eigenvalue weighted by Crippen LogP contribution is 2.20. The molecular weight excluding hydrogens is 278 g/mol. The predicted octanol–water partition coefficient (Wildman–Crippen LogP) is 3.10. The van der Waals surface area contributed by atoms with Crippen molar-refractivity contribution in [3.05, 3.63) is 41.2 Å². The van der Waals surface area contributed by atoms with E-state index in [4.69, 9.17) is 0 Å². The van der Waals surface area contributed by atoms with Gasteiger partial charge < -0.3 is 10.3 Å². The number of alkyl halides is 2. The monoisotopic (exact) mass is 296 g/mol. The molecule has 0 saturated heterocycles. The lowest BCUT2D eigenvalue weighted by atomic mass is 10.2. The summed E-state index contributed by atoms with van der Waals surface area (Å²) in [4.78, 5) is 19.4. The van der Waals surface area contributed by atoms with Gasteiger partial charge in [-0.2, -0.15) is 8.78 Å². The highest BCUT2D eigenvalue weighted by Gasteiger charge is 2.22. The molecule has 0 fully saturated rings. The first-order chi connectivity index (χ1) is 9.93. The minimum Gasteiger partial charge on any atom is -0.344 e. The fourth-order valence-electron chi connectivity index (χ4n) is 2.20. The van der Waals surface area contributed by atoms with Crippen molar-refractivity contribution in [3.63, 3.8) is 0 Å². The summed E-state index contributed by atoms with van der Waals surface area (Å²) in [5, 5.41) is 2.73. The van der Waals surface area contributed by atoms with Crippen molar-refractivity contribution in [1.29, 1.82) is 0 Å². The van der Waals surface area contributed by atoms with Crippen LogP contribution in [0.4, 0.5) is 8.78 Å². The zero-order valence-corrected chi connectivity index (χ0v) is 12.2. The van der Waals surface area contributed by atoms with Crippen LogP contribution in [0.5, 0.6) is 0 Å². The quantitative estimate of drug-likeness (QED) is 0.890. The van der Waals surface area contributed by atoms with Gasteiger partial charge in [0.05, 0.1) is 6.04 Å². The Kier molecular flexibility index (Phi) is 4.40. The van der Waals surface area contributed by atoms with Crippen molar-refractivity contribution < 1.29 is 13.6 Å². The van der Waals surface area contributed by atoms with Gasteiger partial charge in [-0.1, -0.05) is 6.92 Å². The molecule has 2 heterocycles. The molecule has 2 rings (SSSR count). The Morgan fingerprint density at radius 3 is 2.67 bits per heavy atom. The van der Waals surface area contributed by atoms with E-state index >= 15 is 0 Å². The summed E-state index contributed by atoms with van der Waals surface area (Å²) in [6.07, 6.45) is 2.27. The SMILES string of the molecule is CCC(NC(=O)c1ccc(C)n1C(F)F)c1ncc(C)[nH]1. The number of amides is 1. The fourth-order valence-corrected chi connectivity index (χ4v) is 2.20. The lowest BCUT2D eigenvalue weighted by Crippen LogP contribution is -2.31. The molecular formula is C14H18F2N4O. The topological polar surface area (TPSA) is 62.7 Å². The molecule has 1 atom stereocenters.